The van der Waals surface area contributed by atoms with Crippen molar-refractivity contribution in [1.82, 2.24) is 5.32 Å². The van der Waals surface area contributed by atoms with Gasteiger partial charge in [-0.1, -0.05) is 20.3 Å². The first-order valence-corrected chi connectivity index (χ1v) is 6.70. The molecule has 1 saturated carbocycles. The molecule has 0 aromatic heterocycles. The Kier molecular flexibility index (Phi) is 4.17. The maximum absolute atomic E-state index is 11.3. The van der Waals surface area contributed by atoms with E-state index in [0.29, 0.717) is 24.0 Å². The molecule has 0 spiro atoms. The molecule has 1 aliphatic carbocycles. The van der Waals surface area contributed by atoms with E-state index in [1.54, 1.807) is 0 Å². The number of hydrogen-bond donors (Lipinski definition) is 1. The summed E-state index contributed by atoms with van der Waals surface area (Å²) in [5, 5.41) is 2.22. The second-order valence-electron chi connectivity index (χ2n) is 5.66. The van der Waals surface area contributed by atoms with Gasteiger partial charge in [0.1, 0.15) is 0 Å². The molecule has 1 fully saturated rings. The zero-order chi connectivity index (χ0) is 13.1. The van der Waals surface area contributed by atoms with E-state index in [4.69, 9.17) is 4.74 Å². The zero-order valence-corrected chi connectivity index (χ0v) is 11.1. The molecule has 1 aliphatic heterocycles. The number of amides is 2. The third-order valence-electron chi connectivity index (χ3n) is 4.03. The van der Waals surface area contributed by atoms with Gasteiger partial charge < -0.3 is 4.74 Å². The second-order valence-corrected chi connectivity index (χ2v) is 5.66. The fourth-order valence-electron chi connectivity index (χ4n) is 2.86. The van der Waals surface area contributed by atoms with Crippen LogP contribution in [0.4, 0.5) is 0 Å². The predicted molar refractivity (Wildman–Crippen MR) is 67.7 cm³/mol. The van der Waals surface area contributed by atoms with Gasteiger partial charge in [0.25, 0.3) is 11.8 Å². The van der Waals surface area contributed by atoms with Gasteiger partial charge in [0, 0.05) is 11.6 Å². The summed E-state index contributed by atoms with van der Waals surface area (Å²) in [5.41, 5.74) is 0.442. The highest BCUT2D eigenvalue weighted by Gasteiger charge is 2.26. The number of imide groups is 1. The van der Waals surface area contributed by atoms with E-state index in [0.717, 1.165) is 5.92 Å². The van der Waals surface area contributed by atoms with E-state index in [9.17, 15) is 9.59 Å². The number of carbonyl (C=O) groups is 2. The van der Waals surface area contributed by atoms with Crippen molar-refractivity contribution in [2.45, 2.75) is 33.1 Å². The highest BCUT2D eigenvalue weighted by atomic mass is 16.5. The number of rotatable bonds is 4. The van der Waals surface area contributed by atoms with Gasteiger partial charge in [-0.15, -0.1) is 0 Å². The van der Waals surface area contributed by atoms with Crippen LogP contribution in [0.5, 0.6) is 0 Å². The molecule has 4 heteroatoms. The van der Waals surface area contributed by atoms with Crippen LogP contribution in [0.3, 0.4) is 0 Å². The SMILES string of the molecule is CC1CC[C@H](COCC2=CC(=O)NC2=O)C(C)C1. The summed E-state index contributed by atoms with van der Waals surface area (Å²) >= 11 is 0. The van der Waals surface area contributed by atoms with Crippen molar-refractivity contribution in [3.05, 3.63) is 11.6 Å². The van der Waals surface area contributed by atoms with Gasteiger partial charge >= 0.3 is 0 Å². The Balaban J connectivity index is 1.74. The average molecular weight is 251 g/mol. The fourth-order valence-corrected chi connectivity index (χ4v) is 2.86. The molecule has 0 aromatic rings. The topological polar surface area (TPSA) is 55.4 Å². The molecule has 2 amide bonds. The van der Waals surface area contributed by atoms with E-state index < -0.39 is 0 Å². The number of carbonyl (C=O) groups excluding carboxylic acids is 2. The van der Waals surface area contributed by atoms with E-state index in [2.05, 4.69) is 19.2 Å². The fraction of sp³-hybridized carbons (Fsp3) is 0.714. The van der Waals surface area contributed by atoms with Gasteiger partial charge in [0.05, 0.1) is 13.2 Å². The molecule has 18 heavy (non-hydrogen) atoms. The molecular formula is C14H21NO3. The molecule has 1 heterocycles. The van der Waals surface area contributed by atoms with Crippen LogP contribution in [0.2, 0.25) is 0 Å². The molecule has 0 bridgehead atoms. The first kappa shape index (κ1) is 13.3. The molecule has 2 rings (SSSR count). The standard InChI is InChI=1S/C14H21NO3/c1-9-3-4-11(10(2)5-9)7-18-8-12-6-13(16)15-14(12)17/h6,9-11H,3-5,7-8H2,1-2H3,(H,15,16,17)/t9?,10?,11-/m1/s1. The van der Waals surface area contributed by atoms with Crippen molar-refractivity contribution in [3.8, 4) is 0 Å². The van der Waals surface area contributed by atoms with Crippen LogP contribution in [-0.2, 0) is 14.3 Å². The average Bonchev–Trinajstić information content (AvgIpc) is 2.61. The Morgan fingerprint density at radius 1 is 1.33 bits per heavy atom. The summed E-state index contributed by atoms with van der Waals surface area (Å²) in [7, 11) is 0. The molecular weight excluding hydrogens is 230 g/mol. The predicted octanol–water partition coefficient (Wildman–Crippen LogP) is 1.66. The highest BCUT2D eigenvalue weighted by molar-refractivity contribution is 6.16. The van der Waals surface area contributed by atoms with Crippen molar-refractivity contribution in [2.75, 3.05) is 13.2 Å². The minimum atomic E-state index is -0.335. The van der Waals surface area contributed by atoms with Crippen LogP contribution in [0.1, 0.15) is 33.1 Å². The largest absolute Gasteiger partial charge is 0.376 e. The van der Waals surface area contributed by atoms with Gasteiger partial charge in [0.2, 0.25) is 0 Å². The summed E-state index contributed by atoms with van der Waals surface area (Å²) in [6.45, 7) is 5.50. The van der Waals surface area contributed by atoms with Gasteiger partial charge in [-0.05, 0) is 30.6 Å². The molecule has 0 radical (unpaired) electrons. The lowest BCUT2D eigenvalue weighted by atomic mass is 9.76. The van der Waals surface area contributed by atoms with Gasteiger partial charge in [-0.25, -0.2) is 0 Å². The molecule has 4 nitrogen and oxygen atoms in total. The molecule has 2 unspecified atom stereocenters. The maximum atomic E-state index is 11.3. The summed E-state index contributed by atoms with van der Waals surface area (Å²) < 4.78 is 5.60. The smallest absolute Gasteiger partial charge is 0.256 e. The van der Waals surface area contributed by atoms with E-state index in [1.165, 1.54) is 25.3 Å². The lowest BCUT2D eigenvalue weighted by molar-refractivity contribution is -0.124. The van der Waals surface area contributed by atoms with Crippen LogP contribution < -0.4 is 5.32 Å². The minimum absolute atomic E-state index is 0.246. The number of hydrogen-bond acceptors (Lipinski definition) is 3. The van der Waals surface area contributed by atoms with Crippen LogP contribution >= 0.6 is 0 Å². The Morgan fingerprint density at radius 3 is 2.72 bits per heavy atom. The second kappa shape index (κ2) is 5.65. The lowest BCUT2D eigenvalue weighted by Gasteiger charge is -2.32. The van der Waals surface area contributed by atoms with Crippen molar-refractivity contribution in [3.63, 3.8) is 0 Å². The quantitative estimate of drug-likeness (QED) is 0.773. The Labute approximate surface area is 108 Å². The molecule has 100 valence electrons. The third-order valence-corrected chi connectivity index (χ3v) is 4.03. The first-order valence-electron chi connectivity index (χ1n) is 6.70. The van der Waals surface area contributed by atoms with Gasteiger partial charge in [0.15, 0.2) is 0 Å². The van der Waals surface area contributed by atoms with Crippen molar-refractivity contribution in [2.24, 2.45) is 17.8 Å². The van der Waals surface area contributed by atoms with E-state index >= 15 is 0 Å². The monoisotopic (exact) mass is 251 g/mol. The maximum Gasteiger partial charge on any atom is 0.256 e. The molecule has 1 N–H and O–H groups in total. The van der Waals surface area contributed by atoms with Crippen LogP contribution in [0, 0.1) is 17.8 Å². The van der Waals surface area contributed by atoms with Crippen LogP contribution in [0.25, 0.3) is 0 Å². The van der Waals surface area contributed by atoms with E-state index in [1.807, 2.05) is 0 Å². The Bertz CT molecular complexity index is 375. The minimum Gasteiger partial charge on any atom is -0.376 e. The molecule has 0 saturated heterocycles. The Morgan fingerprint density at radius 2 is 2.11 bits per heavy atom. The number of nitrogens with one attached hydrogen (secondary N) is 1. The summed E-state index contributed by atoms with van der Waals surface area (Å²) in [5.74, 6) is 1.43. The third kappa shape index (κ3) is 3.19. The first-order chi connectivity index (χ1) is 8.56. The van der Waals surface area contributed by atoms with Gasteiger partial charge in [-0.3, -0.25) is 14.9 Å². The Hall–Kier alpha value is -1.16. The highest BCUT2D eigenvalue weighted by Crippen LogP contribution is 2.33. The molecule has 2 aliphatic rings. The summed E-state index contributed by atoms with van der Waals surface area (Å²) in [6, 6.07) is 0. The molecule has 3 atom stereocenters. The lowest BCUT2D eigenvalue weighted by Crippen LogP contribution is -2.27. The van der Waals surface area contributed by atoms with Gasteiger partial charge in [-0.2, -0.15) is 0 Å². The van der Waals surface area contributed by atoms with Crippen LogP contribution in [0.15, 0.2) is 11.6 Å². The summed E-state index contributed by atoms with van der Waals surface area (Å²) in [4.78, 5) is 22.2. The van der Waals surface area contributed by atoms with Crippen molar-refractivity contribution < 1.29 is 14.3 Å². The normalized spacial score (nSPS) is 32.3. The number of ether oxygens (including phenoxy) is 1. The van der Waals surface area contributed by atoms with E-state index in [-0.39, 0.29) is 18.4 Å². The van der Waals surface area contributed by atoms with Crippen LogP contribution in [-0.4, -0.2) is 25.0 Å². The molecule has 0 aromatic carbocycles. The summed E-state index contributed by atoms with van der Waals surface area (Å²) in [6.07, 6.45) is 5.05. The van der Waals surface area contributed by atoms with Crippen molar-refractivity contribution in [1.29, 1.82) is 0 Å². The van der Waals surface area contributed by atoms with Crippen molar-refractivity contribution >= 4 is 11.8 Å². The zero-order valence-electron chi connectivity index (χ0n) is 11.1.